The number of nitrogens with zero attached hydrogens (tertiary/aromatic N) is 2. The summed E-state index contributed by atoms with van der Waals surface area (Å²) in [6.07, 6.45) is 4.49. The van der Waals surface area contributed by atoms with Gasteiger partial charge >= 0.3 is 5.97 Å². The van der Waals surface area contributed by atoms with Crippen LogP contribution in [0.2, 0.25) is 0 Å². The molecule has 1 aromatic heterocycles. The van der Waals surface area contributed by atoms with Gasteiger partial charge in [-0.1, -0.05) is 49.2 Å². The third-order valence-corrected chi connectivity index (χ3v) is 6.29. The maximum atomic E-state index is 11.5. The summed E-state index contributed by atoms with van der Waals surface area (Å²) >= 11 is 0. The Morgan fingerprint density at radius 3 is 2.58 bits per heavy atom. The zero-order valence-electron chi connectivity index (χ0n) is 18.5. The Hall–Kier alpha value is -3.80. The molecule has 0 unspecified atom stereocenters. The largest absolute Gasteiger partial charge is 0.493 e. The standard InChI is InChI=1S/C27H26N2O4/c1-32-24-13-7-12-21(25(24)33-17-18-8-3-2-4-9-18)26-28-22-16-19(27(30)31)14-15-23(22)29(26)20-10-5-6-11-20/h2-4,7-9,12-16,20H,5-6,10-11,17H2,1H3,(H,30,31). The highest BCUT2D eigenvalue weighted by molar-refractivity contribution is 5.93. The fourth-order valence-corrected chi connectivity index (χ4v) is 4.69. The summed E-state index contributed by atoms with van der Waals surface area (Å²) in [4.78, 5) is 16.5. The zero-order valence-corrected chi connectivity index (χ0v) is 18.5. The molecular formula is C27H26N2O4. The average Bonchev–Trinajstić information content (AvgIpc) is 3.50. The first kappa shape index (κ1) is 21.1. The van der Waals surface area contributed by atoms with Crippen molar-refractivity contribution in [2.45, 2.75) is 38.3 Å². The molecule has 1 N–H and O–H groups in total. The van der Waals surface area contributed by atoms with Gasteiger partial charge in [-0.2, -0.15) is 0 Å². The molecule has 3 aromatic carbocycles. The second-order valence-electron chi connectivity index (χ2n) is 8.36. The monoisotopic (exact) mass is 442 g/mol. The number of benzene rings is 3. The highest BCUT2D eigenvalue weighted by Gasteiger charge is 2.26. The predicted molar refractivity (Wildman–Crippen MR) is 127 cm³/mol. The third kappa shape index (κ3) is 4.04. The Labute approximate surface area is 192 Å². The minimum Gasteiger partial charge on any atom is -0.493 e. The number of hydrogen-bond donors (Lipinski definition) is 1. The van der Waals surface area contributed by atoms with E-state index in [9.17, 15) is 9.90 Å². The normalized spacial score (nSPS) is 14.0. The van der Waals surface area contributed by atoms with Crippen LogP contribution in [0, 0.1) is 0 Å². The fourth-order valence-electron chi connectivity index (χ4n) is 4.69. The summed E-state index contributed by atoms with van der Waals surface area (Å²) in [5, 5.41) is 9.47. The molecule has 6 nitrogen and oxygen atoms in total. The summed E-state index contributed by atoms with van der Waals surface area (Å²) in [6.45, 7) is 0.404. The molecule has 5 rings (SSSR count). The second-order valence-corrected chi connectivity index (χ2v) is 8.36. The van der Waals surface area contributed by atoms with E-state index in [0.29, 0.717) is 29.7 Å². The number of methoxy groups -OCH3 is 1. The number of carboxylic acid groups (broad SMARTS) is 1. The predicted octanol–water partition coefficient (Wildman–Crippen LogP) is 6.10. The van der Waals surface area contributed by atoms with E-state index in [2.05, 4.69) is 4.57 Å². The molecule has 0 spiro atoms. The number of rotatable bonds is 7. The Kier molecular flexibility index (Phi) is 5.73. The molecule has 1 aliphatic rings. The van der Waals surface area contributed by atoms with E-state index in [1.165, 1.54) is 12.8 Å². The van der Waals surface area contributed by atoms with Gasteiger partial charge in [-0.15, -0.1) is 0 Å². The van der Waals surface area contributed by atoms with Gasteiger partial charge < -0.3 is 19.1 Å². The molecule has 0 radical (unpaired) electrons. The van der Waals surface area contributed by atoms with Gasteiger partial charge in [0, 0.05) is 6.04 Å². The van der Waals surface area contributed by atoms with Crippen molar-refractivity contribution in [1.82, 2.24) is 9.55 Å². The number of imidazole rings is 1. The van der Waals surface area contributed by atoms with Crippen LogP contribution in [-0.4, -0.2) is 27.7 Å². The van der Waals surface area contributed by atoms with Crippen LogP contribution in [-0.2, 0) is 6.61 Å². The quantitative estimate of drug-likeness (QED) is 0.374. The Bertz CT molecular complexity index is 1290. The summed E-state index contributed by atoms with van der Waals surface area (Å²) in [7, 11) is 1.63. The van der Waals surface area contributed by atoms with Crippen molar-refractivity contribution in [1.29, 1.82) is 0 Å². The lowest BCUT2D eigenvalue weighted by atomic mass is 10.1. The number of ether oxygens (including phenoxy) is 2. The van der Waals surface area contributed by atoms with Crippen molar-refractivity contribution < 1.29 is 19.4 Å². The number of aromatic nitrogens is 2. The van der Waals surface area contributed by atoms with E-state index < -0.39 is 5.97 Å². The number of carboxylic acids is 1. The average molecular weight is 443 g/mol. The first-order chi connectivity index (χ1) is 16.2. The number of aromatic carboxylic acids is 1. The van der Waals surface area contributed by atoms with Gasteiger partial charge in [-0.25, -0.2) is 9.78 Å². The minimum atomic E-state index is -0.956. The first-order valence-corrected chi connectivity index (χ1v) is 11.2. The lowest BCUT2D eigenvalue weighted by molar-refractivity contribution is 0.0697. The fraction of sp³-hybridized carbons (Fsp3) is 0.259. The van der Waals surface area contributed by atoms with Crippen molar-refractivity contribution in [2.75, 3.05) is 7.11 Å². The molecule has 4 aromatic rings. The highest BCUT2D eigenvalue weighted by Crippen LogP contribution is 2.43. The van der Waals surface area contributed by atoms with E-state index in [-0.39, 0.29) is 5.56 Å². The Balaban J connectivity index is 1.66. The maximum absolute atomic E-state index is 11.5. The molecule has 6 heteroatoms. The smallest absolute Gasteiger partial charge is 0.335 e. The van der Waals surface area contributed by atoms with Crippen LogP contribution in [0.4, 0.5) is 0 Å². The first-order valence-electron chi connectivity index (χ1n) is 11.2. The molecule has 0 bridgehead atoms. The molecule has 168 valence electrons. The highest BCUT2D eigenvalue weighted by atomic mass is 16.5. The van der Waals surface area contributed by atoms with Crippen molar-refractivity contribution in [3.8, 4) is 22.9 Å². The number of para-hydroxylation sites is 1. The van der Waals surface area contributed by atoms with E-state index in [4.69, 9.17) is 14.5 Å². The molecular weight excluding hydrogens is 416 g/mol. The van der Waals surface area contributed by atoms with Crippen LogP contribution >= 0.6 is 0 Å². The van der Waals surface area contributed by atoms with Crippen LogP contribution < -0.4 is 9.47 Å². The van der Waals surface area contributed by atoms with Gasteiger partial charge in [-0.3, -0.25) is 0 Å². The molecule has 0 aliphatic heterocycles. The van der Waals surface area contributed by atoms with Gasteiger partial charge in [-0.05, 0) is 48.7 Å². The van der Waals surface area contributed by atoms with Crippen molar-refractivity contribution in [2.24, 2.45) is 0 Å². The van der Waals surface area contributed by atoms with Gasteiger partial charge in [0.1, 0.15) is 12.4 Å². The molecule has 0 saturated heterocycles. The molecule has 0 amide bonds. The van der Waals surface area contributed by atoms with Crippen LogP contribution in [0.15, 0.2) is 66.7 Å². The van der Waals surface area contributed by atoms with Gasteiger partial charge in [0.15, 0.2) is 11.5 Å². The molecule has 1 saturated carbocycles. The number of fused-ring (bicyclic) bond motifs is 1. The summed E-state index contributed by atoms with van der Waals surface area (Å²) in [5.74, 6) is 1.10. The van der Waals surface area contributed by atoms with E-state index >= 15 is 0 Å². The second kappa shape index (κ2) is 8.98. The van der Waals surface area contributed by atoms with Crippen molar-refractivity contribution >= 4 is 17.0 Å². The molecule has 1 fully saturated rings. The van der Waals surface area contributed by atoms with Gasteiger partial charge in [0.2, 0.25) is 0 Å². The Morgan fingerprint density at radius 2 is 1.85 bits per heavy atom. The molecule has 1 aliphatic carbocycles. The van der Waals surface area contributed by atoms with Gasteiger partial charge in [0.25, 0.3) is 0 Å². The van der Waals surface area contributed by atoms with Crippen molar-refractivity contribution in [3.05, 3.63) is 77.9 Å². The van der Waals surface area contributed by atoms with E-state index in [0.717, 1.165) is 35.3 Å². The zero-order chi connectivity index (χ0) is 22.8. The SMILES string of the molecule is COc1cccc(-c2nc3cc(C(=O)O)ccc3n2C2CCCC2)c1OCc1ccccc1. The lowest BCUT2D eigenvalue weighted by Gasteiger charge is -2.19. The van der Waals surface area contributed by atoms with Crippen LogP contribution in [0.25, 0.3) is 22.4 Å². The van der Waals surface area contributed by atoms with Crippen LogP contribution in [0.5, 0.6) is 11.5 Å². The minimum absolute atomic E-state index is 0.233. The summed E-state index contributed by atoms with van der Waals surface area (Å²) in [6, 6.07) is 21.3. The van der Waals surface area contributed by atoms with Crippen LogP contribution in [0.3, 0.4) is 0 Å². The van der Waals surface area contributed by atoms with Crippen molar-refractivity contribution in [3.63, 3.8) is 0 Å². The topological polar surface area (TPSA) is 73.6 Å². The lowest BCUT2D eigenvalue weighted by Crippen LogP contribution is -2.08. The van der Waals surface area contributed by atoms with E-state index in [1.807, 2.05) is 54.6 Å². The molecule has 0 atom stereocenters. The number of hydrogen-bond acceptors (Lipinski definition) is 4. The summed E-state index contributed by atoms with van der Waals surface area (Å²) in [5.41, 5.74) is 3.75. The van der Waals surface area contributed by atoms with Gasteiger partial charge in [0.05, 0.1) is 29.3 Å². The third-order valence-electron chi connectivity index (χ3n) is 6.29. The number of carbonyl (C=O) groups is 1. The van der Waals surface area contributed by atoms with E-state index in [1.54, 1.807) is 19.2 Å². The summed E-state index contributed by atoms with van der Waals surface area (Å²) < 4.78 is 14.2. The van der Waals surface area contributed by atoms with Crippen LogP contribution in [0.1, 0.15) is 47.6 Å². The molecule has 1 heterocycles. The maximum Gasteiger partial charge on any atom is 0.335 e. The molecule has 33 heavy (non-hydrogen) atoms. The Morgan fingerprint density at radius 1 is 1.06 bits per heavy atom.